The molecule has 0 spiro atoms. The molecule has 1 aromatic rings. The fourth-order valence-corrected chi connectivity index (χ4v) is 5.65. The van der Waals surface area contributed by atoms with Crippen LogP contribution in [0.25, 0.3) is 0 Å². The van der Waals surface area contributed by atoms with Gasteiger partial charge in [-0.2, -0.15) is 0 Å². The first-order chi connectivity index (χ1) is 22.8. The highest BCUT2D eigenvalue weighted by Gasteiger charge is 2.44. The van der Waals surface area contributed by atoms with Crippen molar-refractivity contribution >= 4 is 73.1 Å². The Labute approximate surface area is 304 Å². The Kier molecular flexibility index (Phi) is 15.9. The highest BCUT2D eigenvalue weighted by molar-refractivity contribution is 9.14. The predicted molar refractivity (Wildman–Crippen MR) is 191 cm³/mol. The number of amides is 7. The molecule has 2 rings (SSSR count). The number of benzene rings is 1. The molecule has 1 aliphatic rings. The fourth-order valence-electron chi connectivity index (χ4n) is 4.95. The standard InChI is InChI=1S/C33H48Br2N6O8/c1-19(2)26(28(45)39-22(8-7-16-37-31(36)48)27(44)38-21-11-9-20(18-42)10-12-21)40-23(43)13-14-33(5,6)49-17-15-32(3,4)41-29(46)24(34)25(35)30(41)47/h9-12,19,22,26,42H,7-8,13-18H2,1-6H3,(H,38,44)(H,39,45)(H,40,43)(H3,36,37,48)/t22-,26?/m0/s1. The number of carbonyl (C=O) groups is 6. The molecule has 0 bridgehead atoms. The van der Waals surface area contributed by atoms with Crippen LogP contribution in [0.5, 0.6) is 0 Å². The van der Waals surface area contributed by atoms with Gasteiger partial charge in [-0.25, -0.2) is 4.79 Å². The van der Waals surface area contributed by atoms with Crippen molar-refractivity contribution in [2.75, 3.05) is 18.5 Å². The van der Waals surface area contributed by atoms with E-state index in [9.17, 15) is 33.9 Å². The van der Waals surface area contributed by atoms with Crippen LogP contribution in [-0.4, -0.2) is 81.9 Å². The highest BCUT2D eigenvalue weighted by Crippen LogP contribution is 2.35. The van der Waals surface area contributed by atoms with E-state index in [0.717, 1.165) is 0 Å². The van der Waals surface area contributed by atoms with Crippen molar-refractivity contribution in [2.24, 2.45) is 11.7 Å². The van der Waals surface area contributed by atoms with Crippen LogP contribution >= 0.6 is 31.9 Å². The number of rotatable bonds is 19. The molecule has 0 aliphatic carbocycles. The zero-order valence-electron chi connectivity index (χ0n) is 28.8. The number of aliphatic hydroxyl groups excluding tert-OH is 1. The summed E-state index contributed by atoms with van der Waals surface area (Å²) in [7, 11) is 0. The molecule has 0 saturated heterocycles. The maximum Gasteiger partial charge on any atom is 0.312 e. The van der Waals surface area contributed by atoms with Gasteiger partial charge in [0.25, 0.3) is 11.8 Å². The van der Waals surface area contributed by atoms with Crippen LogP contribution < -0.4 is 27.0 Å². The second-order valence-electron chi connectivity index (χ2n) is 13.4. The normalized spacial score (nSPS) is 14.9. The van der Waals surface area contributed by atoms with Gasteiger partial charge in [-0.1, -0.05) is 26.0 Å². The minimum absolute atomic E-state index is 0.0480. The second-order valence-corrected chi connectivity index (χ2v) is 15.0. The number of primary amides is 1. The van der Waals surface area contributed by atoms with Crippen LogP contribution in [0, 0.1) is 5.92 Å². The average Bonchev–Trinajstić information content (AvgIpc) is 3.22. The monoisotopic (exact) mass is 814 g/mol. The summed E-state index contributed by atoms with van der Waals surface area (Å²) in [6.45, 7) is 11.0. The number of hydrogen-bond donors (Lipinski definition) is 6. The van der Waals surface area contributed by atoms with Gasteiger partial charge in [0.15, 0.2) is 0 Å². The lowest BCUT2D eigenvalue weighted by atomic mass is 9.97. The number of nitrogens with zero attached hydrogens (tertiary/aromatic N) is 1. The summed E-state index contributed by atoms with van der Waals surface area (Å²) in [5.74, 6) is -2.58. The molecule has 1 unspecified atom stereocenters. The Morgan fingerprint density at radius 3 is 2.06 bits per heavy atom. The van der Waals surface area contributed by atoms with Gasteiger partial charge in [0.2, 0.25) is 17.7 Å². The number of nitrogens with two attached hydrogens (primary N) is 1. The summed E-state index contributed by atoms with van der Waals surface area (Å²) in [5, 5.41) is 20.0. The van der Waals surface area contributed by atoms with E-state index in [0.29, 0.717) is 30.5 Å². The van der Waals surface area contributed by atoms with Gasteiger partial charge in [0.05, 0.1) is 12.2 Å². The summed E-state index contributed by atoms with van der Waals surface area (Å²) >= 11 is 6.30. The first kappa shape index (κ1) is 41.8. The summed E-state index contributed by atoms with van der Waals surface area (Å²) in [4.78, 5) is 77.1. The van der Waals surface area contributed by atoms with Crippen LogP contribution in [0.15, 0.2) is 33.2 Å². The van der Waals surface area contributed by atoms with E-state index in [1.54, 1.807) is 52.0 Å². The minimum atomic E-state index is -0.987. The van der Waals surface area contributed by atoms with Crippen LogP contribution in [0.3, 0.4) is 0 Å². The Hall–Kier alpha value is -3.34. The van der Waals surface area contributed by atoms with Gasteiger partial charge in [0, 0.05) is 30.8 Å². The van der Waals surface area contributed by atoms with Gasteiger partial charge >= 0.3 is 6.03 Å². The Bertz CT molecular complexity index is 1390. The first-order valence-corrected chi connectivity index (χ1v) is 17.6. The Morgan fingerprint density at radius 1 is 0.939 bits per heavy atom. The van der Waals surface area contributed by atoms with Crippen molar-refractivity contribution in [3.8, 4) is 0 Å². The molecule has 0 radical (unpaired) electrons. The van der Waals surface area contributed by atoms with E-state index >= 15 is 0 Å². The number of carbonyl (C=O) groups excluding carboxylic acids is 6. The quantitative estimate of drug-likeness (QED) is 0.0900. The van der Waals surface area contributed by atoms with E-state index in [4.69, 9.17) is 10.5 Å². The molecule has 7 N–H and O–H groups in total. The van der Waals surface area contributed by atoms with Crippen LogP contribution in [-0.2, 0) is 35.3 Å². The summed E-state index contributed by atoms with van der Waals surface area (Å²) in [6, 6.07) is 3.94. The lowest BCUT2D eigenvalue weighted by Gasteiger charge is -2.35. The number of ether oxygens (including phenoxy) is 1. The van der Waals surface area contributed by atoms with E-state index in [-0.39, 0.29) is 53.4 Å². The minimum Gasteiger partial charge on any atom is -0.392 e. The number of hydrogen-bond acceptors (Lipinski definition) is 8. The van der Waals surface area contributed by atoms with Gasteiger partial charge in [-0.3, -0.25) is 28.9 Å². The zero-order valence-corrected chi connectivity index (χ0v) is 32.0. The largest absolute Gasteiger partial charge is 0.392 e. The topological polar surface area (TPSA) is 209 Å². The molecule has 1 heterocycles. The molecule has 1 aliphatic heterocycles. The third kappa shape index (κ3) is 12.8. The average molecular weight is 817 g/mol. The number of aliphatic hydroxyl groups is 1. The smallest absolute Gasteiger partial charge is 0.312 e. The van der Waals surface area contributed by atoms with Crippen LogP contribution in [0.4, 0.5) is 10.5 Å². The van der Waals surface area contributed by atoms with E-state index in [1.807, 2.05) is 13.8 Å². The molecule has 0 saturated carbocycles. The molecule has 16 heteroatoms. The molecule has 2 atom stereocenters. The zero-order chi connectivity index (χ0) is 37.1. The van der Waals surface area contributed by atoms with Gasteiger partial charge in [-0.15, -0.1) is 0 Å². The van der Waals surface area contributed by atoms with Gasteiger partial charge < -0.3 is 36.8 Å². The molecule has 49 heavy (non-hydrogen) atoms. The van der Waals surface area contributed by atoms with Crippen molar-refractivity contribution in [3.63, 3.8) is 0 Å². The van der Waals surface area contributed by atoms with Crippen molar-refractivity contribution < 1.29 is 38.6 Å². The summed E-state index contributed by atoms with van der Waals surface area (Å²) in [5.41, 5.74) is 4.71. The first-order valence-electron chi connectivity index (χ1n) is 16.0. The van der Waals surface area contributed by atoms with E-state index in [2.05, 4.69) is 53.1 Å². The van der Waals surface area contributed by atoms with E-state index < -0.39 is 52.9 Å². The van der Waals surface area contributed by atoms with Gasteiger partial charge in [-0.05, 0) is 109 Å². The Morgan fingerprint density at radius 2 is 1.53 bits per heavy atom. The fraction of sp³-hybridized carbons (Fsp3) is 0.576. The number of halogens is 2. The number of nitrogens with one attached hydrogen (secondary N) is 4. The van der Waals surface area contributed by atoms with Crippen molar-refractivity contribution in [3.05, 3.63) is 38.8 Å². The van der Waals surface area contributed by atoms with E-state index in [1.165, 1.54) is 4.90 Å². The molecule has 0 aromatic heterocycles. The maximum atomic E-state index is 13.4. The van der Waals surface area contributed by atoms with Crippen molar-refractivity contribution in [1.29, 1.82) is 0 Å². The molecule has 1 aromatic carbocycles. The third-order valence-electron chi connectivity index (χ3n) is 8.01. The molecule has 14 nitrogen and oxygen atoms in total. The molecular formula is C33H48Br2N6O8. The second kappa shape index (κ2) is 18.6. The lowest BCUT2D eigenvalue weighted by Crippen LogP contribution is -2.54. The van der Waals surface area contributed by atoms with Crippen molar-refractivity contribution in [2.45, 2.75) is 103 Å². The third-order valence-corrected chi connectivity index (χ3v) is 10.0. The molecule has 7 amide bonds. The lowest BCUT2D eigenvalue weighted by molar-refractivity contribution is -0.144. The number of anilines is 1. The van der Waals surface area contributed by atoms with Crippen LogP contribution in [0.1, 0.15) is 79.2 Å². The van der Waals surface area contributed by atoms with Gasteiger partial charge in [0.1, 0.15) is 21.0 Å². The summed E-state index contributed by atoms with van der Waals surface area (Å²) < 4.78 is 6.41. The van der Waals surface area contributed by atoms with Crippen LogP contribution in [0.2, 0.25) is 0 Å². The maximum absolute atomic E-state index is 13.4. The number of urea groups is 1. The predicted octanol–water partition coefficient (Wildman–Crippen LogP) is 3.31. The summed E-state index contributed by atoms with van der Waals surface area (Å²) in [6.07, 6.45) is 1.24. The SMILES string of the molecule is CC(C)C(NC(=O)CCC(C)(C)OCCC(C)(C)N1C(=O)C(Br)=C(Br)C1=O)C(=O)N[C@@H](CCCNC(N)=O)C(=O)Nc1ccc(CO)cc1. The Balaban J connectivity index is 1.97. The number of imide groups is 1. The molecule has 0 fully saturated rings. The molecular weight excluding hydrogens is 768 g/mol. The van der Waals surface area contributed by atoms with Crippen molar-refractivity contribution in [1.82, 2.24) is 20.9 Å². The highest BCUT2D eigenvalue weighted by atomic mass is 79.9. The molecule has 272 valence electrons.